The first-order chi connectivity index (χ1) is 6.75. The first-order valence-corrected chi connectivity index (χ1v) is 5.06. The number of rotatable bonds is 3. The van der Waals surface area contributed by atoms with E-state index in [0.29, 0.717) is 18.0 Å². The smallest absolute Gasteiger partial charge is 0.321 e. The summed E-state index contributed by atoms with van der Waals surface area (Å²) >= 11 is 0. The molecule has 0 aromatic carbocycles. The summed E-state index contributed by atoms with van der Waals surface area (Å²) in [5, 5.41) is 10.4. The molecule has 0 radical (unpaired) electrons. The molecule has 0 amide bonds. The third-order valence-electron chi connectivity index (χ3n) is 2.35. The molecule has 1 aromatic heterocycles. The third kappa shape index (κ3) is 2.04. The summed E-state index contributed by atoms with van der Waals surface area (Å²) < 4.78 is 5.09. The topological polar surface area (TPSA) is 63.0 Å². The number of nitrogens with zero attached hydrogens (tertiary/aromatic N) is 2. The Kier molecular flexibility index (Phi) is 2.67. The lowest BCUT2D eigenvalue weighted by Crippen LogP contribution is -2.22. The molecule has 5 nitrogen and oxygen atoms in total. The number of hydrogen-bond acceptors (Lipinski definition) is 5. The maximum atomic E-state index is 5.09. The molecule has 1 unspecified atom stereocenters. The second-order valence-corrected chi connectivity index (χ2v) is 3.95. The van der Waals surface area contributed by atoms with Gasteiger partial charge in [0, 0.05) is 18.5 Å². The van der Waals surface area contributed by atoms with Crippen LogP contribution in [0.3, 0.4) is 0 Å². The van der Waals surface area contributed by atoms with Crippen LogP contribution in [0.5, 0.6) is 0 Å². The molecule has 0 saturated carbocycles. The SMILES string of the molecule is CC(C)c1noc(NC2CCNC2)n1. The maximum absolute atomic E-state index is 5.09. The van der Waals surface area contributed by atoms with Crippen LogP contribution in [-0.2, 0) is 0 Å². The van der Waals surface area contributed by atoms with E-state index in [1.165, 1.54) is 0 Å². The Morgan fingerprint density at radius 3 is 3.00 bits per heavy atom. The Balaban J connectivity index is 1.95. The minimum atomic E-state index is 0.316. The molecule has 1 aliphatic rings. The van der Waals surface area contributed by atoms with Crippen molar-refractivity contribution in [1.29, 1.82) is 0 Å². The molecule has 1 atom stereocenters. The Morgan fingerprint density at radius 1 is 1.57 bits per heavy atom. The van der Waals surface area contributed by atoms with Gasteiger partial charge >= 0.3 is 6.01 Å². The van der Waals surface area contributed by atoms with Crippen LogP contribution < -0.4 is 10.6 Å². The largest absolute Gasteiger partial charge is 0.334 e. The van der Waals surface area contributed by atoms with E-state index in [1.54, 1.807) is 0 Å². The van der Waals surface area contributed by atoms with Gasteiger partial charge in [0.05, 0.1) is 0 Å². The molecular formula is C9H16N4O. The zero-order valence-electron chi connectivity index (χ0n) is 8.58. The lowest BCUT2D eigenvalue weighted by molar-refractivity contribution is 0.416. The number of nitrogens with one attached hydrogen (secondary N) is 2. The average Bonchev–Trinajstić information content (AvgIpc) is 2.75. The minimum absolute atomic E-state index is 0.316. The molecule has 2 heterocycles. The van der Waals surface area contributed by atoms with Gasteiger partial charge in [0.25, 0.3) is 0 Å². The Morgan fingerprint density at radius 2 is 2.43 bits per heavy atom. The van der Waals surface area contributed by atoms with E-state index in [-0.39, 0.29) is 0 Å². The van der Waals surface area contributed by atoms with Crippen LogP contribution in [0.2, 0.25) is 0 Å². The van der Waals surface area contributed by atoms with E-state index < -0.39 is 0 Å². The van der Waals surface area contributed by atoms with Crippen molar-refractivity contribution < 1.29 is 4.52 Å². The average molecular weight is 196 g/mol. The predicted octanol–water partition coefficient (Wildman–Crippen LogP) is 0.967. The molecule has 14 heavy (non-hydrogen) atoms. The van der Waals surface area contributed by atoms with Crippen LogP contribution in [0, 0.1) is 0 Å². The Labute approximate surface area is 83.3 Å². The highest BCUT2D eigenvalue weighted by molar-refractivity contribution is 5.22. The van der Waals surface area contributed by atoms with E-state index in [1.807, 2.05) is 13.8 Å². The van der Waals surface area contributed by atoms with E-state index >= 15 is 0 Å². The molecule has 1 aromatic rings. The summed E-state index contributed by atoms with van der Waals surface area (Å²) in [4.78, 5) is 4.26. The van der Waals surface area contributed by atoms with Gasteiger partial charge in [-0.1, -0.05) is 19.0 Å². The summed E-state index contributed by atoms with van der Waals surface area (Å²) in [7, 11) is 0. The zero-order valence-corrected chi connectivity index (χ0v) is 8.58. The van der Waals surface area contributed by atoms with Crippen molar-refractivity contribution in [2.45, 2.75) is 32.2 Å². The highest BCUT2D eigenvalue weighted by atomic mass is 16.5. The van der Waals surface area contributed by atoms with Gasteiger partial charge in [0.15, 0.2) is 5.82 Å². The second-order valence-electron chi connectivity index (χ2n) is 3.95. The molecular weight excluding hydrogens is 180 g/mol. The van der Waals surface area contributed by atoms with Crippen LogP contribution >= 0.6 is 0 Å². The molecule has 1 saturated heterocycles. The van der Waals surface area contributed by atoms with Gasteiger partial charge in [-0.15, -0.1) is 0 Å². The highest BCUT2D eigenvalue weighted by Crippen LogP contribution is 2.14. The van der Waals surface area contributed by atoms with E-state index in [0.717, 1.165) is 25.3 Å². The minimum Gasteiger partial charge on any atom is -0.334 e. The van der Waals surface area contributed by atoms with Crippen molar-refractivity contribution in [2.75, 3.05) is 18.4 Å². The molecule has 1 aliphatic heterocycles. The van der Waals surface area contributed by atoms with Crippen molar-refractivity contribution in [2.24, 2.45) is 0 Å². The van der Waals surface area contributed by atoms with Crippen molar-refractivity contribution in [1.82, 2.24) is 15.5 Å². The van der Waals surface area contributed by atoms with Crippen LogP contribution in [-0.4, -0.2) is 29.3 Å². The molecule has 1 fully saturated rings. The van der Waals surface area contributed by atoms with Gasteiger partial charge in [0.1, 0.15) is 0 Å². The summed E-state index contributed by atoms with van der Waals surface area (Å²) in [6.07, 6.45) is 1.11. The van der Waals surface area contributed by atoms with Crippen LogP contribution in [0.1, 0.15) is 32.0 Å². The van der Waals surface area contributed by atoms with Gasteiger partial charge in [-0.2, -0.15) is 4.98 Å². The van der Waals surface area contributed by atoms with Crippen molar-refractivity contribution >= 4 is 6.01 Å². The molecule has 0 bridgehead atoms. The fourth-order valence-electron chi connectivity index (χ4n) is 1.48. The van der Waals surface area contributed by atoms with Crippen LogP contribution in [0.4, 0.5) is 6.01 Å². The maximum Gasteiger partial charge on any atom is 0.321 e. The Bertz CT molecular complexity index is 291. The summed E-state index contributed by atoms with van der Waals surface area (Å²) in [6, 6.07) is 0.970. The van der Waals surface area contributed by atoms with Crippen molar-refractivity contribution in [3.63, 3.8) is 0 Å². The monoisotopic (exact) mass is 196 g/mol. The molecule has 0 aliphatic carbocycles. The molecule has 2 rings (SSSR count). The predicted molar refractivity (Wildman–Crippen MR) is 53.3 cm³/mol. The Hall–Kier alpha value is -1.10. The fourth-order valence-corrected chi connectivity index (χ4v) is 1.48. The molecule has 78 valence electrons. The van der Waals surface area contributed by atoms with Gasteiger partial charge in [-0.3, -0.25) is 0 Å². The first-order valence-electron chi connectivity index (χ1n) is 5.06. The van der Waals surface area contributed by atoms with E-state index in [4.69, 9.17) is 4.52 Å². The van der Waals surface area contributed by atoms with Crippen LogP contribution in [0.25, 0.3) is 0 Å². The van der Waals surface area contributed by atoms with Gasteiger partial charge < -0.3 is 15.2 Å². The number of hydrogen-bond donors (Lipinski definition) is 2. The fraction of sp³-hybridized carbons (Fsp3) is 0.778. The summed E-state index contributed by atoms with van der Waals surface area (Å²) in [6.45, 7) is 6.12. The van der Waals surface area contributed by atoms with E-state index in [9.17, 15) is 0 Å². The van der Waals surface area contributed by atoms with Gasteiger partial charge in [0.2, 0.25) is 0 Å². The standard InChI is InChI=1S/C9H16N4O/c1-6(2)8-12-9(14-13-8)11-7-3-4-10-5-7/h6-7,10H,3-5H2,1-2H3,(H,11,12,13). The first kappa shape index (κ1) is 9.45. The number of aromatic nitrogens is 2. The third-order valence-corrected chi connectivity index (χ3v) is 2.35. The molecule has 5 heteroatoms. The lowest BCUT2D eigenvalue weighted by atomic mass is 10.2. The number of anilines is 1. The van der Waals surface area contributed by atoms with Crippen molar-refractivity contribution in [3.8, 4) is 0 Å². The summed E-state index contributed by atoms with van der Waals surface area (Å²) in [5.41, 5.74) is 0. The quantitative estimate of drug-likeness (QED) is 0.754. The summed E-state index contributed by atoms with van der Waals surface area (Å²) in [5.74, 6) is 1.08. The van der Waals surface area contributed by atoms with Gasteiger partial charge in [-0.25, -0.2) is 0 Å². The molecule has 2 N–H and O–H groups in total. The highest BCUT2D eigenvalue weighted by Gasteiger charge is 2.17. The van der Waals surface area contributed by atoms with E-state index in [2.05, 4.69) is 20.8 Å². The normalized spacial score (nSPS) is 21.8. The van der Waals surface area contributed by atoms with Gasteiger partial charge in [-0.05, 0) is 13.0 Å². The molecule has 0 spiro atoms. The lowest BCUT2D eigenvalue weighted by Gasteiger charge is -2.06. The van der Waals surface area contributed by atoms with Crippen LogP contribution in [0.15, 0.2) is 4.52 Å². The van der Waals surface area contributed by atoms with Crippen molar-refractivity contribution in [3.05, 3.63) is 5.82 Å². The zero-order chi connectivity index (χ0) is 9.97. The second kappa shape index (κ2) is 3.96.